The highest BCUT2D eigenvalue weighted by Gasteiger charge is 2.02. The molecule has 0 radical (unpaired) electrons. The second-order valence-electron chi connectivity index (χ2n) is 5.55. The lowest BCUT2D eigenvalue weighted by atomic mass is 10.0. The van der Waals surface area contributed by atoms with E-state index in [0.29, 0.717) is 12.0 Å². The average molecular weight is 257 g/mol. The third-order valence-electron chi connectivity index (χ3n) is 3.26. The van der Waals surface area contributed by atoms with Gasteiger partial charge in [0.25, 0.3) is 0 Å². The topological polar surface area (TPSA) is 29.9 Å². The molecule has 0 fully saturated rings. The first-order valence-corrected chi connectivity index (χ1v) is 6.93. The lowest BCUT2D eigenvalue weighted by Gasteiger charge is -2.08. The molecule has 0 amide bonds. The van der Waals surface area contributed by atoms with Crippen LogP contribution in [0, 0.1) is 0 Å². The van der Waals surface area contributed by atoms with Gasteiger partial charge < -0.3 is 5.32 Å². The Labute approximate surface area is 115 Å². The number of hydrogen-bond acceptors (Lipinski definition) is 2. The van der Waals surface area contributed by atoms with Crippen molar-refractivity contribution >= 4 is 5.69 Å². The largest absolute Gasteiger partial charge is 0.381 e. The van der Waals surface area contributed by atoms with Gasteiger partial charge in [0.05, 0.1) is 6.20 Å². The molecule has 0 aliphatic rings. The van der Waals surface area contributed by atoms with Gasteiger partial charge in [-0.2, -0.15) is 5.10 Å². The van der Waals surface area contributed by atoms with Crippen LogP contribution in [0.25, 0.3) is 0 Å². The van der Waals surface area contributed by atoms with Crippen LogP contribution in [0.4, 0.5) is 5.69 Å². The molecule has 1 aromatic heterocycles. The molecule has 0 saturated carbocycles. The fraction of sp³-hybridized carbons (Fsp3) is 0.438. The summed E-state index contributed by atoms with van der Waals surface area (Å²) in [5.41, 5.74) is 3.74. The van der Waals surface area contributed by atoms with E-state index in [9.17, 15) is 0 Å². The lowest BCUT2D eigenvalue weighted by molar-refractivity contribution is 0.532. The SMILES string of the molecule is CC(C)c1ccc(NCc2cnn(C(C)C)c2)cc1. The Kier molecular flexibility index (Phi) is 4.25. The molecule has 19 heavy (non-hydrogen) atoms. The molecular weight excluding hydrogens is 234 g/mol. The highest BCUT2D eigenvalue weighted by Crippen LogP contribution is 2.17. The number of rotatable bonds is 5. The van der Waals surface area contributed by atoms with Gasteiger partial charge in [-0.3, -0.25) is 4.68 Å². The molecule has 0 saturated heterocycles. The van der Waals surface area contributed by atoms with Gasteiger partial charge in [0.1, 0.15) is 0 Å². The summed E-state index contributed by atoms with van der Waals surface area (Å²) in [6.45, 7) is 9.50. The maximum Gasteiger partial charge on any atom is 0.0539 e. The first kappa shape index (κ1) is 13.7. The van der Waals surface area contributed by atoms with E-state index in [4.69, 9.17) is 0 Å². The summed E-state index contributed by atoms with van der Waals surface area (Å²) in [4.78, 5) is 0. The summed E-state index contributed by atoms with van der Waals surface area (Å²) in [7, 11) is 0. The van der Waals surface area contributed by atoms with E-state index in [1.807, 2.05) is 10.9 Å². The van der Waals surface area contributed by atoms with E-state index >= 15 is 0 Å². The number of anilines is 1. The molecule has 0 aliphatic heterocycles. The Bertz CT molecular complexity index is 509. The highest BCUT2D eigenvalue weighted by atomic mass is 15.3. The Morgan fingerprint density at radius 2 is 1.79 bits per heavy atom. The van der Waals surface area contributed by atoms with E-state index in [1.165, 1.54) is 11.1 Å². The quantitative estimate of drug-likeness (QED) is 0.870. The molecular formula is C16H23N3. The normalized spacial score (nSPS) is 11.3. The molecule has 1 N–H and O–H groups in total. The maximum absolute atomic E-state index is 4.34. The molecule has 1 aromatic carbocycles. The zero-order valence-electron chi connectivity index (χ0n) is 12.2. The minimum absolute atomic E-state index is 0.416. The van der Waals surface area contributed by atoms with Gasteiger partial charge in [-0.05, 0) is 37.5 Å². The predicted octanol–water partition coefficient (Wildman–Crippen LogP) is 4.20. The maximum atomic E-state index is 4.34. The van der Waals surface area contributed by atoms with Gasteiger partial charge in [0.15, 0.2) is 0 Å². The van der Waals surface area contributed by atoms with Crippen LogP contribution in [-0.4, -0.2) is 9.78 Å². The molecule has 0 unspecified atom stereocenters. The van der Waals surface area contributed by atoms with Crippen molar-refractivity contribution in [2.45, 2.75) is 46.2 Å². The van der Waals surface area contributed by atoms with Crippen LogP contribution in [0.1, 0.15) is 50.8 Å². The van der Waals surface area contributed by atoms with Crippen LogP contribution in [0.2, 0.25) is 0 Å². The van der Waals surface area contributed by atoms with E-state index < -0.39 is 0 Å². The smallest absolute Gasteiger partial charge is 0.0539 e. The Hall–Kier alpha value is -1.77. The molecule has 0 aliphatic carbocycles. The van der Waals surface area contributed by atoms with Crippen molar-refractivity contribution in [2.75, 3.05) is 5.32 Å². The summed E-state index contributed by atoms with van der Waals surface area (Å²) in [6, 6.07) is 9.07. The number of nitrogens with zero attached hydrogens (tertiary/aromatic N) is 2. The molecule has 2 aromatic rings. The van der Waals surface area contributed by atoms with Crippen molar-refractivity contribution in [3.05, 3.63) is 47.8 Å². The van der Waals surface area contributed by atoms with Crippen molar-refractivity contribution in [1.82, 2.24) is 9.78 Å². The summed E-state index contributed by atoms with van der Waals surface area (Å²) in [5.74, 6) is 0.582. The molecule has 0 spiro atoms. The van der Waals surface area contributed by atoms with E-state index in [2.05, 4.69) is 68.6 Å². The van der Waals surface area contributed by atoms with Crippen LogP contribution in [0.3, 0.4) is 0 Å². The fourth-order valence-electron chi connectivity index (χ4n) is 1.94. The van der Waals surface area contributed by atoms with Crippen LogP contribution in [0.15, 0.2) is 36.7 Å². The van der Waals surface area contributed by atoms with Crippen LogP contribution < -0.4 is 5.32 Å². The van der Waals surface area contributed by atoms with E-state index in [-0.39, 0.29) is 0 Å². The van der Waals surface area contributed by atoms with Crippen molar-refractivity contribution in [2.24, 2.45) is 0 Å². The second-order valence-corrected chi connectivity index (χ2v) is 5.55. The number of aromatic nitrogens is 2. The molecule has 1 heterocycles. The molecule has 2 rings (SSSR count). The van der Waals surface area contributed by atoms with Crippen molar-refractivity contribution < 1.29 is 0 Å². The monoisotopic (exact) mass is 257 g/mol. The first-order valence-electron chi connectivity index (χ1n) is 6.93. The Morgan fingerprint density at radius 1 is 1.11 bits per heavy atom. The van der Waals surface area contributed by atoms with Crippen molar-refractivity contribution in [1.29, 1.82) is 0 Å². The van der Waals surface area contributed by atoms with Crippen molar-refractivity contribution in [3.8, 4) is 0 Å². The van der Waals surface area contributed by atoms with E-state index in [0.717, 1.165) is 12.2 Å². The van der Waals surface area contributed by atoms with Gasteiger partial charge in [-0.15, -0.1) is 0 Å². The molecule has 0 bridgehead atoms. The van der Waals surface area contributed by atoms with Gasteiger partial charge in [-0.1, -0.05) is 26.0 Å². The molecule has 3 nitrogen and oxygen atoms in total. The zero-order valence-corrected chi connectivity index (χ0v) is 12.2. The Balaban J connectivity index is 1.94. The highest BCUT2D eigenvalue weighted by molar-refractivity contribution is 5.45. The molecule has 3 heteroatoms. The summed E-state index contributed by atoms with van der Waals surface area (Å²) in [5, 5.41) is 7.77. The van der Waals surface area contributed by atoms with Gasteiger partial charge in [0, 0.05) is 30.0 Å². The van der Waals surface area contributed by atoms with E-state index in [1.54, 1.807) is 0 Å². The summed E-state index contributed by atoms with van der Waals surface area (Å²) < 4.78 is 1.98. The third-order valence-corrected chi connectivity index (χ3v) is 3.26. The minimum atomic E-state index is 0.416. The third kappa shape index (κ3) is 3.60. The van der Waals surface area contributed by atoms with Gasteiger partial charge >= 0.3 is 0 Å². The summed E-state index contributed by atoms with van der Waals surface area (Å²) >= 11 is 0. The average Bonchev–Trinajstić information content (AvgIpc) is 2.86. The van der Waals surface area contributed by atoms with Crippen LogP contribution >= 0.6 is 0 Å². The zero-order chi connectivity index (χ0) is 13.8. The molecule has 102 valence electrons. The fourth-order valence-corrected chi connectivity index (χ4v) is 1.94. The predicted molar refractivity (Wildman–Crippen MR) is 80.5 cm³/mol. The Morgan fingerprint density at radius 3 is 2.32 bits per heavy atom. The van der Waals surface area contributed by atoms with Crippen LogP contribution in [0.5, 0.6) is 0 Å². The first-order chi connectivity index (χ1) is 9.06. The molecule has 0 atom stereocenters. The lowest BCUT2D eigenvalue weighted by Crippen LogP contribution is -2.01. The second kappa shape index (κ2) is 5.91. The van der Waals surface area contributed by atoms with Crippen LogP contribution in [-0.2, 0) is 6.54 Å². The minimum Gasteiger partial charge on any atom is -0.381 e. The summed E-state index contributed by atoms with van der Waals surface area (Å²) in [6.07, 6.45) is 4.02. The number of nitrogens with one attached hydrogen (secondary N) is 1. The van der Waals surface area contributed by atoms with Gasteiger partial charge in [0.2, 0.25) is 0 Å². The number of hydrogen-bond donors (Lipinski definition) is 1. The standard InChI is InChI=1S/C16H23N3/c1-12(2)15-5-7-16(8-6-15)17-9-14-10-18-19(11-14)13(3)4/h5-8,10-13,17H,9H2,1-4H3. The van der Waals surface area contributed by atoms with Crippen molar-refractivity contribution in [3.63, 3.8) is 0 Å². The number of benzene rings is 1. The van der Waals surface area contributed by atoms with Gasteiger partial charge in [-0.25, -0.2) is 0 Å².